The molecular weight excluding hydrogens is 251 g/mol. The molecule has 0 saturated carbocycles. The normalized spacial score (nSPS) is 16.2. The lowest BCUT2D eigenvalue weighted by atomic mass is 10.1. The molecule has 0 radical (unpaired) electrons. The van der Waals surface area contributed by atoms with E-state index in [9.17, 15) is 9.18 Å². The Balaban J connectivity index is 1.91. The van der Waals surface area contributed by atoms with Gasteiger partial charge in [-0.1, -0.05) is 0 Å². The van der Waals surface area contributed by atoms with E-state index in [1.54, 1.807) is 6.07 Å². The summed E-state index contributed by atoms with van der Waals surface area (Å²) in [5.74, 6) is -0.306. The summed E-state index contributed by atoms with van der Waals surface area (Å²) < 4.78 is 13.8. The van der Waals surface area contributed by atoms with E-state index >= 15 is 0 Å². The van der Waals surface area contributed by atoms with Gasteiger partial charge < -0.3 is 4.90 Å². The molecule has 2 aromatic rings. The fraction of sp³-hybridized carbons (Fsp3) is 0.385. The zero-order valence-corrected chi connectivity index (χ0v) is 10.7. The Labute approximate surface area is 108 Å². The molecule has 0 N–H and O–H groups in total. The van der Waals surface area contributed by atoms with Crippen molar-refractivity contribution in [3.8, 4) is 0 Å². The van der Waals surface area contributed by atoms with E-state index in [0.717, 1.165) is 30.6 Å². The number of amides is 1. The van der Waals surface area contributed by atoms with E-state index in [2.05, 4.69) is 4.98 Å². The molecule has 1 amide bonds. The van der Waals surface area contributed by atoms with Crippen molar-refractivity contribution in [1.82, 2.24) is 9.88 Å². The van der Waals surface area contributed by atoms with Crippen LogP contribution in [0.25, 0.3) is 10.2 Å². The van der Waals surface area contributed by atoms with E-state index in [1.165, 1.54) is 29.9 Å². The second-order valence-electron chi connectivity index (χ2n) is 4.48. The lowest BCUT2D eigenvalue weighted by Gasteiger charge is -2.25. The van der Waals surface area contributed by atoms with Gasteiger partial charge >= 0.3 is 0 Å². The number of carbonyl (C=O) groups is 1. The topological polar surface area (TPSA) is 33.2 Å². The number of benzene rings is 1. The van der Waals surface area contributed by atoms with Crippen LogP contribution in [-0.4, -0.2) is 28.9 Å². The highest BCUT2D eigenvalue weighted by Gasteiger charge is 2.21. The maximum Gasteiger partial charge on any atom is 0.282 e. The van der Waals surface area contributed by atoms with Gasteiger partial charge in [-0.15, -0.1) is 11.3 Å². The Morgan fingerprint density at radius 2 is 2.06 bits per heavy atom. The van der Waals surface area contributed by atoms with Crippen LogP contribution >= 0.6 is 11.3 Å². The van der Waals surface area contributed by atoms with E-state index in [-0.39, 0.29) is 11.7 Å². The molecule has 5 heteroatoms. The smallest absolute Gasteiger partial charge is 0.282 e. The van der Waals surface area contributed by atoms with Crippen LogP contribution in [0.1, 0.15) is 29.1 Å². The van der Waals surface area contributed by atoms with Crippen molar-refractivity contribution in [2.75, 3.05) is 13.1 Å². The predicted octanol–water partition coefficient (Wildman–Crippen LogP) is 3.06. The van der Waals surface area contributed by atoms with E-state index in [4.69, 9.17) is 0 Å². The number of piperidine rings is 1. The number of hydrogen-bond donors (Lipinski definition) is 0. The summed E-state index contributed by atoms with van der Waals surface area (Å²) >= 11 is 1.27. The van der Waals surface area contributed by atoms with Gasteiger partial charge in [-0.25, -0.2) is 9.37 Å². The Morgan fingerprint density at radius 3 is 2.83 bits per heavy atom. The summed E-state index contributed by atoms with van der Waals surface area (Å²) in [5, 5.41) is 0.470. The van der Waals surface area contributed by atoms with Crippen molar-refractivity contribution < 1.29 is 9.18 Å². The molecule has 2 heterocycles. The minimum Gasteiger partial charge on any atom is -0.337 e. The predicted molar refractivity (Wildman–Crippen MR) is 69.3 cm³/mol. The molecule has 0 unspecified atom stereocenters. The van der Waals surface area contributed by atoms with Crippen LogP contribution in [-0.2, 0) is 0 Å². The lowest BCUT2D eigenvalue weighted by molar-refractivity contribution is 0.0724. The van der Waals surface area contributed by atoms with Crippen LogP contribution in [0.2, 0.25) is 0 Å². The summed E-state index contributed by atoms with van der Waals surface area (Å²) in [4.78, 5) is 18.4. The molecule has 1 aromatic heterocycles. The van der Waals surface area contributed by atoms with Crippen LogP contribution in [0, 0.1) is 5.82 Å². The zero-order chi connectivity index (χ0) is 12.5. The molecule has 18 heavy (non-hydrogen) atoms. The number of nitrogens with zero attached hydrogens (tertiary/aromatic N) is 2. The van der Waals surface area contributed by atoms with Gasteiger partial charge in [0.15, 0.2) is 5.01 Å². The average molecular weight is 264 g/mol. The first-order valence-corrected chi connectivity index (χ1v) is 6.91. The molecule has 3 rings (SSSR count). The molecule has 0 bridgehead atoms. The van der Waals surface area contributed by atoms with Gasteiger partial charge in [0.25, 0.3) is 5.91 Å². The maximum absolute atomic E-state index is 13.1. The largest absolute Gasteiger partial charge is 0.337 e. The monoisotopic (exact) mass is 264 g/mol. The van der Waals surface area contributed by atoms with Gasteiger partial charge in [0.2, 0.25) is 0 Å². The van der Waals surface area contributed by atoms with Crippen molar-refractivity contribution in [2.45, 2.75) is 19.3 Å². The second-order valence-corrected chi connectivity index (χ2v) is 5.51. The zero-order valence-electron chi connectivity index (χ0n) is 9.86. The Hall–Kier alpha value is -1.49. The first-order valence-electron chi connectivity index (χ1n) is 6.09. The maximum atomic E-state index is 13.1. The number of rotatable bonds is 1. The second kappa shape index (κ2) is 4.65. The molecule has 0 atom stereocenters. The average Bonchev–Trinajstić information content (AvgIpc) is 2.81. The minimum atomic E-state index is -0.289. The molecule has 1 aliphatic heterocycles. The third-order valence-electron chi connectivity index (χ3n) is 3.18. The molecule has 1 fully saturated rings. The summed E-state index contributed by atoms with van der Waals surface area (Å²) in [7, 11) is 0. The van der Waals surface area contributed by atoms with Crippen LogP contribution in [0.4, 0.5) is 4.39 Å². The minimum absolute atomic E-state index is 0.0173. The first-order chi connectivity index (χ1) is 8.74. The molecule has 1 aromatic carbocycles. The Bertz CT molecular complexity index is 590. The Morgan fingerprint density at radius 1 is 1.28 bits per heavy atom. The third-order valence-corrected chi connectivity index (χ3v) is 4.18. The Kier molecular flexibility index (Phi) is 2.99. The highest BCUT2D eigenvalue weighted by atomic mass is 32.1. The van der Waals surface area contributed by atoms with Gasteiger partial charge in [-0.3, -0.25) is 4.79 Å². The molecule has 94 valence electrons. The number of aromatic nitrogens is 1. The summed E-state index contributed by atoms with van der Waals surface area (Å²) in [6.07, 6.45) is 3.31. The van der Waals surface area contributed by atoms with Crippen molar-refractivity contribution in [2.24, 2.45) is 0 Å². The fourth-order valence-electron chi connectivity index (χ4n) is 2.22. The van der Waals surface area contributed by atoms with Gasteiger partial charge in [0.05, 0.1) is 10.2 Å². The van der Waals surface area contributed by atoms with E-state index < -0.39 is 0 Å². The lowest BCUT2D eigenvalue weighted by Crippen LogP contribution is -2.35. The first kappa shape index (κ1) is 11.6. The highest BCUT2D eigenvalue weighted by Crippen LogP contribution is 2.24. The van der Waals surface area contributed by atoms with Gasteiger partial charge in [0.1, 0.15) is 5.82 Å². The fourth-order valence-corrected chi connectivity index (χ4v) is 3.18. The van der Waals surface area contributed by atoms with Gasteiger partial charge in [-0.2, -0.15) is 0 Å². The molecule has 3 nitrogen and oxygen atoms in total. The van der Waals surface area contributed by atoms with Crippen LogP contribution in [0.3, 0.4) is 0 Å². The third kappa shape index (κ3) is 2.10. The van der Waals surface area contributed by atoms with Crippen molar-refractivity contribution in [3.05, 3.63) is 29.0 Å². The number of carbonyl (C=O) groups excluding carboxylic acids is 1. The van der Waals surface area contributed by atoms with Crippen molar-refractivity contribution in [3.63, 3.8) is 0 Å². The standard InChI is InChI=1S/C13H13FN2OS/c14-9-4-5-10-11(8-9)18-12(15-10)13(17)16-6-2-1-3-7-16/h4-5,8H,1-3,6-7H2. The van der Waals surface area contributed by atoms with Crippen molar-refractivity contribution >= 4 is 27.5 Å². The van der Waals surface area contributed by atoms with E-state index in [1.807, 2.05) is 4.90 Å². The van der Waals surface area contributed by atoms with E-state index in [0.29, 0.717) is 10.5 Å². The summed E-state index contributed by atoms with van der Waals surface area (Å²) in [5.41, 5.74) is 0.696. The summed E-state index contributed by atoms with van der Waals surface area (Å²) in [6, 6.07) is 4.42. The van der Waals surface area contributed by atoms with Crippen LogP contribution < -0.4 is 0 Å². The SMILES string of the molecule is O=C(c1nc2ccc(F)cc2s1)N1CCCCC1. The molecule has 0 aliphatic carbocycles. The van der Waals surface area contributed by atoms with Crippen LogP contribution in [0.15, 0.2) is 18.2 Å². The molecular formula is C13H13FN2OS. The molecule has 1 aliphatic rings. The van der Waals surface area contributed by atoms with Gasteiger partial charge in [-0.05, 0) is 37.5 Å². The van der Waals surface area contributed by atoms with Gasteiger partial charge in [0, 0.05) is 13.1 Å². The highest BCUT2D eigenvalue weighted by molar-refractivity contribution is 7.20. The number of halogens is 1. The number of thiazole rings is 1. The molecule has 0 spiro atoms. The van der Waals surface area contributed by atoms with Crippen LogP contribution in [0.5, 0.6) is 0 Å². The number of hydrogen-bond acceptors (Lipinski definition) is 3. The molecule has 1 saturated heterocycles. The quantitative estimate of drug-likeness (QED) is 0.793. The van der Waals surface area contributed by atoms with Crippen molar-refractivity contribution in [1.29, 1.82) is 0 Å². The number of fused-ring (bicyclic) bond motifs is 1. The number of likely N-dealkylation sites (tertiary alicyclic amines) is 1. The summed E-state index contributed by atoms with van der Waals surface area (Å²) in [6.45, 7) is 1.62.